The van der Waals surface area contributed by atoms with Gasteiger partial charge in [0.2, 0.25) is 11.8 Å². The Hall–Kier alpha value is -3.06. The number of fused-ring (bicyclic) bond motifs is 1. The molecule has 2 saturated heterocycles. The van der Waals surface area contributed by atoms with E-state index >= 15 is 0 Å². The summed E-state index contributed by atoms with van der Waals surface area (Å²) in [6, 6.07) is 14.7. The molecular weight excluding hydrogens is 394 g/mol. The van der Waals surface area contributed by atoms with E-state index in [1.54, 1.807) is 29.2 Å². The summed E-state index contributed by atoms with van der Waals surface area (Å²) in [6.07, 6.45) is -0.115. The molecule has 2 atom stereocenters. The highest BCUT2D eigenvalue weighted by Crippen LogP contribution is 2.21. The Kier molecular flexibility index (Phi) is 5.40. The summed E-state index contributed by atoms with van der Waals surface area (Å²) >= 11 is 5.83. The van der Waals surface area contributed by atoms with Crippen molar-refractivity contribution in [2.24, 2.45) is 0 Å². The van der Waals surface area contributed by atoms with Crippen molar-refractivity contribution in [1.29, 1.82) is 0 Å². The van der Waals surface area contributed by atoms with Crippen LogP contribution in [0.2, 0.25) is 5.02 Å². The molecule has 0 aromatic heterocycles. The molecule has 7 nitrogen and oxygen atoms in total. The molecule has 1 N–H and O–H groups in total. The van der Waals surface area contributed by atoms with Crippen LogP contribution in [0.25, 0.3) is 0 Å². The Morgan fingerprint density at radius 3 is 2.52 bits per heavy atom. The molecule has 0 spiro atoms. The highest BCUT2D eigenvalue weighted by molar-refractivity contribution is 6.30. The normalized spacial score (nSPS) is 21.4. The quantitative estimate of drug-likeness (QED) is 0.835. The lowest BCUT2D eigenvalue weighted by atomic mass is 9.99. The molecular formula is C21H20ClN3O4. The van der Waals surface area contributed by atoms with E-state index < -0.39 is 18.2 Å². The molecule has 2 aromatic carbocycles. The van der Waals surface area contributed by atoms with Crippen LogP contribution in [0.3, 0.4) is 0 Å². The largest absolute Gasteiger partial charge is 0.415 e. The van der Waals surface area contributed by atoms with Crippen LogP contribution in [0.4, 0.5) is 4.79 Å². The second kappa shape index (κ2) is 8.13. The van der Waals surface area contributed by atoms with Crippen LogP contribution < -0.4 is 10.1 Å². The van der Waals surface area contributed by atoms with E-state index in [0.717, 1.165) is 5.56 Å². The Balaban J connectivity index is 1.40. The standard InChI is InChI=1S/C21H20ClN3O4/c22-15-6-8-16(9-7-15)29-21(28)24-10-11-25-18(13-24)19(26)23-17(20(25)27)12-14-4-2-1-3-5-14/h1-9,17-18H,10-13H2,(H,23,26)/t17-,18+/m0/s1. The van der Waals surface area contributed by atoms with Crippen LogP contribution in [-0.4, -0.2) is 59.4 Å². The first-order valence-corrected chi connectivity index (χ1v) is 9.76. The molecule has 0 bridgehead atoms. The summed E-state index contributed by atoms with van der Waals surface area (Å²) in [6.45, 7) is 0.694. The Morgan fingerprint density at radius 1 is 1.07 bits per heavy atom. The topological polar surface area (TPSA) is 79.0 Å². The summed E-state index contributed by atoms with van der Waals surface area (Å²) in [4.78, 5) is 41.0. The second-order valence-electron chi connectivity index (χ2n) is 7.07. The molecule has 2 aliphatic rings. The third-order valence-electron chi connectivity index (χ3n) is 5.14. The fraction of sp³-hybridized carbons (Fsp3) is 0.286. The molecule has 8 heteroatoms. The van der Waals surface area contributed by atoms with Gasteiger partial charge in [0, 0.05) is 24.5 Å². The third-order valence-corrected chi connectivity index (χ3v) is 5.39. The van der Waals surface area contributed by atoms with E-state index in [4.69, 9.17) is 16.3 Å². The van der Waals surface area contributed by atoms with E-state index in [9.17, 15) is 14.4 Å². The first-order valence-electron chi connectivity index (χ1n) is 9.38. The van der Waals surface area contributed by atoms with Gasteiger partial charge >= 0.3 is 6.09 Å². The van der Waals surface area contributed by atoms with Gasteiger partial charge in [-0.1, -0.05) is 41.9 Å². The van der Waals surface area contributed by atoms with Crippen LogP contribution in [-0.2, 0) is 16.0 Å². The second-order valence-corrected chi connectivity index (χ2v) is 7.50. The molecule has 4 rings (SSSR count). The fourth-order valence-corrected chi connectivity index (χ4v) is 3.75. The zero-order valence-corrected chi connectivity index (χ0v) is 16.3. The van der Waals surface area contributed by atoms with Crippen molar-refractivity contribution in [2.45, 2.75) is 18.5 Å². The lowest BCUT2D eigenvalue weighted by Crippen LogP contribution is -2.70. The molecule has 2 aromatic rings. The van der Waals surface area contributed by atoms with Crippen LogP contribution >= 0.6 is 11.6 Å². The van der Waals surface area contributed by atoms with Crippen LogP contribution in [0.15, 0.2) is 54.6 Å². The molecule has 0 unspecified atom stereocenters. The maximum Gasteiger partial charge on any atom is 0.415 e. The number of nitrogens with one attached hydrogen (secondary N) is 1. The smallest absolute Gasteiger partial charge is 0.410 e. The number of carbonyl (C=O) groups is 3. The molecule has 150 valence electrons. The first-order chi connectivity index (χ1) is 14.0. The van der Waals surface area contributed by atoms with Crippen molar-refractivity contribution in [1.82, 2.24) is 15.1 Å². The number of rotatable bonds is 3. The average molecular weight is 414 g/mol. The van der Waals surface area contributed by atoms with Gasteiger partial charge in [-0.05, 0) is 29.8 Å². The van der Waals surface area contributed by atoms with E-state index in [1.807, 2.05) is 30.3 Å². The summed E-state index contributed by atoms with van der Waals surface area (Å²) in [5, 5.41) is 3.35. The lowest BCUT2D eigenvalue weighted by Gasteiger charge is -2.44. The molecule has 0 aliphatic carbocycles. The summed E-state index contributed by atoms with van der Waals surface area (Å²) in [5.74, 6) is -0.00683. The van der Waals surface area contributed by atoms with Gasteiger partial charge in [-0.15, -0.1) is 0 Å². The van der Waals surface area contributed by atoms with E-state index in [0.29, 0.717) is 23.7 Å². The molecule has 29 heavy (non-hydrogen) atoms. The van der Waals surface area contributed by atoms with Gasteiger partial charge in [-0.25, -0.2) is 4.79 Å². The van der Waals surface area contributed by atoms with Gasteiger partial charge in [-0.2, -0.15) is 0 Å². The van der Waals surface area contributed by atoms with Gasteiger partial charge in [0.25, 0.3) is 0 Å². The number of amides is 3. The molecule has 2 fully saturated rings. The number of halogens is 1. The Bertz CT molecular complexity index is 919. The Morgan fingerprint density at radius 2 is 1.79 bits per heavy atom. The van der Waals surface area contributed by atoms with Crippen LogP contribution in [0, 0.1) is 0 Å². The number of ether oxygens (including phenoxy) is 1. The number of piperazine rings is 2. The van der Waals surface area contributed by atoms with Crippen molar-refractivity contribution in [3.8, 4) is 5.75 Å². The van der Waals surface area contributed by atoms with Gasteiger partial charge < -0.3 is 19.9 Å². The highest BCUT2D eigenvalue weighted by Gasteiger charge is 2.44. The van der Waals surface area contributed by atoms with Crippen molar-refractivity contribution >= 4 is 29.5 Å². The maximum atomic E-state index is 12.9. The number of hydrogen-bond acceptors (Lipinski definition) is 4. The summed E-state index contributed by atoms with van der Waals surface area (Å²) in [7, 11) is 0. The van der Waals surface area contributed by atoms with Crippen molar-refractivity contribution in [3.63, 3.8) is 0 Å². The number of benzene rings is 2. The summed E-state index contributed by atoms with van der Waals surface area (Å²) < 4.78 is 5.34. The average Bonchev–Trinajstić information content (AvgIpc) is 2.74. The molecule has 2 aliphatic heterocycles. The number of carbonyl (C=O) groups excluding carboxylic acids is 3. The van der Waals surface area contributed by atoms with Gasteiger partial charge in [0.15, 0.2) is 0 Å². The van der Waals surface area contributed by atoms with E-state index in [-0.39, 0.29) is 24.9 Å². The first kappa shape index (κ1) is 19.3. The predicted octanol–water partition coefficient (Wildman–Crippen LogP) is 2.09. The zero-order chi connectivity index (χ0) is 20.4. The van der Waals surface area contributed by atoms with Crippen molar-refractivity contribution in [3.05, 3.63) is 65.2 Å². The minimum absolute atomic E-state index is 0.0993. The summed E-state index contributed by atoms with van der Waals surface area (Å²) in [5.41, 5.74) is 0.981. The molecule has 2 heterocycles. The predicted molar refractivity (Wildman–Crippen MR) is 107 cm³/mol. The van der Waals surface area contributed by atoms with E-state index in [1.165, 1.54) is 4.90 Å². The third kappa shape index (κ3) is 4.19. The maximum absolute atomic E-state index is 12.9. The van der Waals surface area contributed by atoms with Crippen LogP contribution in [0.1, 0.15) is 5.56 Å². The van der Waals surface area contributed by atoms with Crippen molar-refractivity contribution < 1.29 is 19.1 Å². The van der Waals surface area contributed by atoms with Gasteiger partial charge in [0.1, 0.15) is 17.8 Å². The number of hydrogen-bond donors (Lipinski definition) is 1. The van der Waals surface area contributed by atoms with Crippen molar-refractivity contribution in [2.75, 3.05) is 19.6 Å². The monoisotopic (exact) mass is 413 g/mol. The van der Waals surface area contributed by atoms with E-state index in [2.05, 4.69) is 5.32 Å². The van der Waals surface area contributed by atoms with Gasteiger partial charge in [0.05, 0.1) is 6.54 Å². The molecule has 3 amide bonds. The van der Waals surface area contributed by atoms with Gasteiger partial charge in [-0.3, -0.25) is 9.59 Å². The van der Waals surface area contributed by atoms with Crippen LogP contribution in [0.5, 0.6) is 5.75 Å². The molecule has 0 saturated carbocycles. The SMILES string of the molecule is O=C1N[C@@H](Cc2ccccc2)C(=O)N2CCN(C(=O)Oc3ccc(Cl)cc3)C[C@H]12. The number of nitrogens with zero attached hydrogens (tertiary/aromatic N) is 2. The minimum Gasteiger partial charge on any atom is -0.410 e. The zero-order valence-electron chi connectivity index (χ0n) is 15.6. The lowest BCUT2D eigenvalue weighted by molar-refractivity contribution is -0.152. The fourth-order valence-electron chi connectivity index (χ4n) is 3.62. The molecule has 0 radical (unpaired) electrons. The Labute approximate surface area is 173 Å². The minimum atomic E-state index is -0.707. The highest BCUT2D eigenvalue weighted by atomic mass is 35.5.